The lowest BCUT2D eigenvalue weighted by Crippen LogP contribution is -2.00. The summed E-state index contributed by atoms with van der Waals surface area (Å²) in [7, 11) is 0. The Labute approximate surface area is 234 Å². The lowest BCUT2D eigenvalue weighted by Gasteiger charge is -2.14. The summed E-state index contributed by atoms with van der Waals surface area (Å²) >= 11 is 1.26. The Morgan fingerprint density at radius 2 is 1.38 bits per heavy atom. The zero-order valence-electron chi connectivity index (χ0n) is 21.7. The van der Waals surface area contributed by atoms with Crippen LogP contribution in [0.3, 0.4) is 0 Å². The molecule has 5 aromatic carbocycles. The molecule has 0 spiro atoms. The molecule has 0 aliphatic rings. The molecule has 3 aromatic heterocycles. The molecule has 190 valence electrons. The summed E-state index contributed by atoms with van der Waals surface area (Å²) in [5.74, 6) is 1.05. The van der Waals surface area contributed by atoms with Gasteiger partial charge in [0.05, 0.1) is 34.0 Å². The van der Waals surface area contributed by atoms with E-state index in [1.165, 1.54) is 11.7 Å². The maximum absolute atomic E-state index is 5.14. The minimum Gasteiger partial charge on any atom is -0.296 e. The van der Waals surface area contributed by atoms with E-state index in [0.717, 1.165) is 84.1 Å². The predicted octanol–water partition coefficient (Wildman–Crippen LogP) is 8.63. The molecule has 0 radical (unpaired) electrons. The lowest BCUT2D eigenvalue weighted by molar-refractivity contribution is 0.908. The Balaban J connectivity index is 1.37. The summed E-state index contributed by atoms with van der Waals surface area (Å²) < 4.78 is 11.9. The first-order valence-electron chi connectivity index (χ1n) is 13.4. The van der Waals surface area contributed by atoms with Crippen LogP contribution in [0.15, 0.2) is 109 Å². The minimum absolute atomic E-state index is 0.857. The Kier molecular flexibility index (Phi) is 5.21. The van der Waals surface area contributed by atoms with Crippen LogP contribution in [0, 0.1) is 0 Å². The quantitative estimate of drug-likeness (QED) is 0.213. The van der Waals surface area contributed by atoms with Crippen molar-refractivity contribution in [3.05, 3.63) is 115 Å². The second-order valence-corrected chi connectivity index (χ2v) is 10.4. The number of imidazole rings is 1. The second-order valence-electron chi connectivity index (χ2n) is 9.90. The SMILES string of the molecule is CCc1nc2ccccc2n1-c1ccc(-c2cc3c(-c4ccccc4)nc4ccccc4c3c3nsnc23)cc1. The van der Waals surface area contributed by atoms with E-state index in [1.54, 1.807) is 0 Å². The minimum atomic E-state index is 0.857. The molecular formula is C34H23N5S. The molecular weight excluding hydrogens is 510 g/mol. The molecule has 5 nitrogen and oxygen atoms in total. The van der Waals surface area contributed by atoms with E-state index in [9.17, 15) is 0 Å². The number of fused-ring (bicyclic) bond motifs is 6. The second kappa shape index (κ2) is 9.07. The number of para-hydroxylation sites is 3. The van der Waals surface area contributed by atoms with Crippen LogP contribution in [0.5, 0.6) is 0 Å². The monoisotopic (exact) mass is 533 g/mol. The highest BCUT2D eigenvalue weighted by atomic mass is 32.1. The highest BCUT2D eigenvalue weighted by molar-refractivity contribution is 7.00. The number of aromatic nitrogens is 5. The molecule has 0 fully saturated rings. The molecule has 0 saturated heterocycles. The van der Waals surface area contributed by atoms with Crippen LogP contribution < -0.4 is 0 Å². The maximum atomic E-state index is 5.14. The van der Waals surface area contributed by atoms with Crippen LogP contribution in [0.4, 0.5) is 0 Å². The fraction of sp³-hybridized carbons (Fsp3) is 0.0588. The van der Waals surface area contributed by atoms with E-state index in [4.69, 9.17) is 18.7 Å². The summed E-state index contributed by atoms with van der Waals surface area (Å²) in [4.78, 5) is 10.00. The number of aryl methyl sites for hydroxylation is 1. The Bertz CT molecular complexity index is 2190. The zero-order chi connectivity index (χ0) is 26.6. The normalized spacial score (nSPS) is 11.7. The first-order chi connectivity index (χ1) is 19.8. The van der Waals surface area contributed by atoms with E-state index in [1.807, 2.05) is 18.2 Å². The average molecular weight is 534 g/mol. The van der Waals surface area contributed by atoms with Gasteiger partial charge >= 0.3 is 0 Å². The molecule has 0 N–H and O–H groups in total. The number of rotatable bonds is 4. The van der Waals surface area contributed by atoms with Crippen molar-refractivity contribution in [2.45, 2.75) is 13.3 Å². The molecule has 8 rings (SSSR count). The molecule has 0 atom stereocenters. The summed E-state index contributed by atoms with van der Waals surface area (Å²) in [5.41, 5.74) is 10.2. The van der Waals surface area contributed by atoms with E-state index in [-0.39, 0.29) is 0 Å². The van der Waals surface area contributed by atoms with Crippen molar-refractivity contribution < 1.29 is 0 Å². The van der Waals surface area contributed by atoms with Gasteiger partial charge in [0.1, 0.15) is 16.9 Å². The molecule has 3 heterocycles. The van der Waals surface area contributed by atoms with Crippen molar-refractivity contribution in [2.75, 3.05) is 0 Å². The zero-order valence-corrected chi connectivity index (χ0v) is 22.6. The molecule has 0 aliphatic heterocycles. The first kappa shape index (κ1) is 23.0. The van der Waals surface area contributed by atoms with Crippen molar-refractivity contribution in [3.8, 4) is 28.1 Å². The van der Waals surface area contributed by atoms with Gasteiger partial charge in [0.15, 0.2) is 0 Å². The fourth-order valence-corrected chi connectivity index (χ4v) is 6.36. The van der Waals surface area contributed by atoms with Crippen molar-refractivity contribution >= 4 is 55.5 Å². The third-order valence-electron chi connectivity index (χ3n) is 7.63. The van der Waals surface area contributed by atoms with Crippen molar-refractivity contribution in [1.82, 2.24) is 23.3 Å². The maximum Gasteiger partial charge on any atom is 0.114 e. The Morgan fingerprint density at radius 1 is 0.650 bits per heavy atom. The van der Waals surface area contributed by atoms with Gasteiger partial charge in [0.2, 0.25) is 0 Å². The predicted molar refractivity (Wildman–Crippen MR) is 165 cm³/mol. The topological polar surface area (TPSA) is 56.5 Å². The van der Waals surface area contributed by atoms with E-state index >= 15 is 0 Å². The van der Waals surface area contributed by atoms with Gasteiger partial charge in [-0.05, 0) is 42.0 Å². The Morgan fingerprint density at radius 3 is 2.20 bits per heavy atom. The van der Waals surface area contributed by atoms with Crippen LogP contribution in [-0.4, -0.2) is 23.3 Å². The van der Waals surface area contributed by atoms with Crippen LogP contribution in [0.2, 0.25) is 0 Å². The molecule has 0 aliphatic carbocycles. The van der Waals surface area contributed by atoms with Gasteiger partial charge in [-0.2, -0.15) is 8.75 Å². The van der Waals surface area contributed by atoms with E-state index in [2.05, 4.69) is 102 Å². The number of pyridine rings is 1. The van der Waals surface area contributed by atoms with Gasteiger partial charge in [-0.25, -0.2) is 9.97 Å². The molecule has 0 saturated carbocycles. The van der Waals surface area contributed by atoms with Gasteiger partial charge in [0.25, 0.3) is 0 Å². The average Bonchev–Trinajstić information content (AvgIpc) is 3.66. The molecule has 0 bridgehead atoms. The summed E-state index contributed by atoms with van der Waals surface area (Å²) in [6, 6.07) is 38.0. The third kappa shape index (κ3) is 3.46. The van der Waals surface area contributed by atoms with Crippen LogP contribution >= 0.6 is 11.7 Å². The van der Waals surface area contributed by atoms with Crippen molar-refractivity contribution in [1.29, 1.82) is 0 Å². The Hall–Kier alpha value is -4.94. The van der Waals surface area contributed by atoms with Crippen LogP contribution in [0.1, 0.15) is 12.7 Å². The highest BCUT2D eigenvalue weighted by Gasteiger charge is 2.19. The van der Waals surface area contributed by atoms with Crippen LogP contribution in [-0.2, 0) is 6.42 Å². The summed E-state index contributed by atoms with van der Waals surface area (Å²) in [6.45, 7) is 2.15. The van der Waals surface area contributed by atoms with Crippen molar-refractivity contribution in [2.24, 2.45) is 0 Å². The highest BCUT2D eigenvalue weighted by Crippen LogP contribution is 2.41. The van der Waals surface area contributed by atoms with Gasteiger partial charge < -0.3 is 0 Å². The van der Waals surface area contributed by atoms with Gasteiger partial charge in [0, 0.05) is 39.4 Å². The molecule has 8 aromatic rings. The summed E-state index contributed by atoms with van der Waals surface area (Å²) in [5, 5.41) is 3.28. The lowest BCUT2D eigenvalue weighted by atomic mass is 9.94. The first-order valence-corrected chi connectivity index (χ1v) is 14.1. The molecule has 0 unspecified atom stereocenters. The number of hydrogen-bond acceptors (Lipinski definition) is 5. The smallest absolute Gasteiger partial charge is 0.114 e. The number of nitrogens with zero attached hydrogens (tertiary/aromatic N) is 5. The van der Waals surface area contributed by atoms with E-state index < -0.39 is 0 Å². The molecule has 40 heavy (non-hydrogen) atoms. The van der Waals surface area contributed by atoms with E-state index in [0.29, 0.717) is 0 Å². The van der Waals surface area contributed by atoms with Crippen LogP contribution in [0.25, 0.3) is 71.8 Å². The largest absolute Gasteiger partial charge is 0.296 e. The fourth-order valence-electron chi connectivity index (χ4n) is 5.79. The number of hydrogen-bond donors (Lipinski definition) is 0. The molecule has 0 amide bonds. The number of benzene rings is 5. The van der Waals surface area contributed by atoms with Gasteiger partial charge in [-0.3, -0.25) is 4.57 Å². The summed E-state index contributed by atoms with van der Waals surface area (Å²) in [6.07, 6.45) is 0.857. The van der Waals surface area contributed by atoms with Gasteiger partial charge in [-0.1, -0.05) is 79.7 Å². The molecule has 6 heteroatoms. The standard InChI is InChI=1S/C34H23N5S/c1-2-30-35-28-14-8-9-15-29(28)39(30)23-18-16-21(17-19-23)25-20-26-31(34-33(25)37-40-38-34)24-12-6-7-13-27(24)36-32(26)22-10-4-3-5-11-22/h3-20H,2H2,1H3. The van der Waals surface area contributed by atoms with Crippen molar-refractivity contribution in [3.63, 3.8) is 0 Å². The third-order valence-corrected chi connectivity index (χ3v) is 8.16. The van der Waals surface area contributed by atoms with Gasteiger partial charge in [-0.15, -0.1) is 0 Å².